The topological polar surface area (TPSA) is 60.2 Å². The van der Waals surface area contributed by atoms with Crippen molar-refractivity contribution in [2.75, 3.05) is 72.4 Å². The van der Waals surface area contributed by atoms with Gasteiger partial charge in [-0.1, -0.05) is 11.6 Å². The van der Waals surface area contributed by atoms with Crippen LogP contribution in [0.15, 0.2) is 12.1 Å². The highest BCUT2D eigenvalue weighted by Gasteiger charge is 2.11. The summed E-state index contributed by atoms with van der Waals surface area (Å²) < 4.78 is 16.3. The van der Waals surface area contributed by atoms with E-state index in [1.54, 1.807) is 19.2 Å². The van der Waals surface area contributed by atoms with E-state index in [0.29, 0.717) is 28.8 Å². The minimum atomic E-state index is 0.499. The predicted octanol–water partition coefficient (Wildman–Crippen LogP) is 1.57. The second-order valence-corrected chi connectivity index (χ2v) is 6.04. The Labute approximate surface area is 143 Å². The standard InChI is InChI=1S/C16H26ClN3O3/c1-19(3-4-20-6-8-22-9-7-20)5-10-23-15-12-16(21-2)14(18)11-13(15)17/h11-12H,3-10,18H2,1-2H3. The summed E-state index contributed by atoms with van der Waals surface area (Å²) in [6.07, 6.45) is 0. The fourth-order valence-corrected chi connectivity index (χ4v) is 2.62. The second-order valence-electron chi connectivity index (χ2n) is 5.63. The van der Waals surface area contributed by atoms with Gasteiger partial charge in [0.25, 0.3) is 0 Å². The molecule has 7 heteroatoms. The number of nitrogens with zero attached hydrogens (tertiary/aromatic N) is 2. The number of hydrogen-bond acceptors (Lipinski definition) is 6. The van der Waals surface area contributed by atoms with Gasteiger partial charge in [-0.05, 0) is 13.1 Å². The van der Waals surface area contributed by atoms with Crippen LogP contribution in [-0.4, -0.2) is 76.5 Å². The summed E-state index contributed by atoms with van der Waals surface area (Å²) in [7, 11) is 3.66. The minimum absolute atomic E-state index is 0.499. The van der Waals surface area contributed by atoms with E-state index in [1.165, 1.54) is 0 Å². The number of likely N-dealkylation sites (N-methyl/N-ethyl adjacent to an activating group) is 1. The largest absolute Gasteiger partial charge is 0.494 e. The fourth-order valence-electron chi connectivity index (χ4n) is 2.40. The lowest BCUT2D eigenvalue weighted by Gasteiger charge is -2.28. The van der Waals surface area contributed by atoms with Gasteiger partial charge in [0.1, 0.15) is 18.1 Å². The Balaban J connectivity index is 1.71. The molecule has 1 aromatic rings. The van der Waals surface area contributed by atoms with Crippen molar-refractivity contribution in [1.82, 2.24) is 9.80 Å². The molecule has 130 valence electrons. The molecule has 0 atom stereocenters. The monoisotopic (exact) mass is 343 g/mol. The average molecular weight is 344 g/mol. The van der Waals surface area contributed by atoms with Gasteiger partial charge in [-0.2, -0.15) is 0 Å². The maximum atomic E-state index is 6.14. The van der Waals surface area contributed by atoms with E-state index < -0.39 is 0 Å². The Morgan fingerprint density at radius 2 is 2.00 bits per heavy atom. The quantitative estimate of drug-likeness (QED) is 0.723. The molecule has 0 unspecified atom stereocenters. The van der Waals surface area contributed by atoms with Crippen LogP contribution in [0.4, 0.5) is 5.69 Å². The van der Waals surface area contributed by atoms with Crippen LogP contribution in [0.2, 0.25) is 5.02 Å². The maximum Gasteiger partial charge on any atom is 0.145 e. The van der Waals surface area contributed by atoms with Crippen molar-refractivity contribution in [3.8, 4) is 11.5 Å². The number of nitrogens with two attached hydrogens (primary N) is 1. The van der Waals surface area contributed by atoms with Crippen molar-refractivity contribution in [3.05, 3.63) is 17.2 Å². The minimum Gasteiger partial charge on any atom is -0.494 e. The molecule has 2 rings (SSSR count). The lowest BCUT2D eigenvalue weighted by Crippen LogP contribution is -2.41. The molecular weight excluding hydrogens is 318 g/mol. The molecule has 1 fully saturated rings. The van der Waals surface area contributed by atoms with Crippen LogP contribution in [0.25, 0.3) is 0 Å². The van der Waals surface area contributed by atoms with Gasteiger partial charge < -0.3 is 24.8 Å². The van der Waals surface area contributed by atoms with Crippen LogP contribution >= 0.6 is 11.6 Å². The zero-order chi connectivity index (χ0) is 16.7. The third kappa shape index (κ3) is 5.73. The van der Waals surface area contributed by atoms with Gasteiger partial charge in [0.05, 0.1) is 31.0 Å². The molecule has 1 aromatic carbocycles. The molecule has 0 spiro atoms. The summed E-state index contributed by atoms with van der Waals surface area (Å²) >= 11 is 6.14. The van der Waals surface area contributed by atoms with Crippen LogP contribution < -0.4 is 15.2 Å². The smallest absolute Gasteiger partial charge is 0.145 e. The van der Waals surface area contributed by atoms with Crippen molar-refractivity contribution in [2.45, 2.75) is 0 Å². The molecule has 0 bridgehead atoms. The lowest BCUT2D eigenvalue weighted by molar-refractivity contribution is 0.0340. The van der Waals surface area contributed by atoms with Gasteiger partial charge in [0.15, 0.2) is 0 Å². The molecule has 0 amide bonds. The Hall–Kier alpha value is -1.21. The van der Waals surface area contributed by atoms with E-state index in [1.807, 2.05) is 0 Å². The Bertz CT molecular complexity index is 496. The first kappa shape index (κ1) is 18.1. The van der Waals surface area contributed by atoms with Gasteiger partial charge >= 0.3 is 0 Å². The first-order valence-electron chi connectivity index (χ1n) is 7.84. The van der Waals surface area contributed by atoms with Crippen LogP contribution in [-0.2, 0) is 4.74 Å². The van der Waals surface area contributed by atoms with Crippen molar-refractivity contribution in [2.24, 2.45) is 0 Å². The highest BCUT2D eigenvalue weighted by Crippen LogP contribution is 2.34. The van der Waals surface area contributed by atoms with Crippen molar-refractivity contribution in [1.29, 1.82) is 0 Å². The normalized spacial score (nSPS) is 15.8. The van der Waals surface area contributed by atoms with Gasteiger partial charge in [0, 0.05) is 38.8 Å². The number of ether oxygens (including phenoxy) is 3. The van der Waals surface area contributed by atoms with Crippen molar-refractivity contribution < 1.29 is 14.2 Å². The molecule has 23 heavy (non-hydrogen) atoms. The molecule has 1 heterocycles. The fraction of sp³-hybridized carbons (Fsp3) is 0.625. The molecule has 0 aliphatic carbocycles. The molecule has 0 radical (unpaired) electrons. The second kappa shape index (κ2) is 9.17. The number of benzene rings is 1. The summed E-state index contributed by atoms with van der Waals surface area (Å²) in [4.78, 5) is 4.67. The van der Waals surface area contributed by atoms with E-state index in [-0.39, 0.29) is 0 Å². The van der Waals surface area contributed by atoms with Crippen molar-refractivity contribution >= 4 is 17.3 Å². The number of halogens is 1. The molecule has 0 saturated carbocycles. The van der Waals surface area contributed by atoms with Gasteiger partial charge in [-0.15, -0.1) is 0 Å². The maximum absolute atomic E-state index is 6.14. The van der Waals surface area contributed by atoms with Crippen LogP contribution in [0.5, 0.6) is 11.5 Å². The molecule has 1 aliphatic heterocycles. The van der Waals surface area contributed by atoms with E-state index in [0.717, 1.165) is 45.9 Å². The van der Waals surface area contributed by atoms with Gasteiger partial charge in [-0.3, -0.25) is 4.90 Å². The van der Waals surface area contributed by atoms with Crippen molar-refractivity contribution in [3.63, 3.8) is 0 Å². The van der Waals surface area contributed by atoms with E-state index in [4.69, 9.17) is 31.5 Å². The predicted molar refractivity (Wildman–Crippen MR) is 92.7 cm³/mol. The Morgan fingerprint density at radius 3 is 2.70 bits per heavy atom. The number of methoxy groups -OCH3 is 1. The first-order chi connectivity index (χ1) is 11.1. The number of anilines is 1. The molecule has 2 N–H and O–H groups in total. The average Bonchev–Trinajstić information content (AvgIpc) is 2.56. The molecule has 6 nitrogen and oxygen atoms in total. The summed E-state index contributed by atoms with van der Waals surface area (Å²) in [6, 6.07) is 3.38. The van der Waals surface area contributed by atoms with E-state index >= 15 is 0 Å². The third-order valence-electron chi connectivity index (χ3n) is 3.92. The summed E-state index contributed by atoms with van der Waals surface area (Å²) in [5, 5.41) is 0.499. The molecular formula is C16H26ClN3O3. The Morgan fingerprint density at radius 1 is 1.26 bits per heavy atom. The van der Waals surface area contributed by atoms with E-state index in [2.05, 4.69) is 16.8 Å². The molecule has 0 aromatic heterocycles. The SMILES string of the molecule is COc1cc(OCCN(C)CCN2CCOCC2)c(Cl)cc1N. The third-order valence-corrected chi connectivity index (χ3v) is 4.21. The Kier molecular flexibility index (Phi) is 7.23. The zero-order valence-electron chi connectivity index (χ0n) is 13.9. The summed E-state index contributed by atoms with van der Waals surface area (Å²) in [6.45, 7) is 7.16. The highest BCUT2D eigenvalue weighted by molar-refractivity contribution is 6.32. The number of morpholine rings is 1. The number of rotatable bonds is 8. The van der Waals surface area contributed by atoms with Gasteiger partial charge in [-0.25, -0.2) is 0 Å². The summed E-state index contributed by atoms with van der Waals surface area (Å²) in [5.41, 5.74) is 6.31. The van der Waals surface area contributed by atoms with Crippen LogP contribution in [0.1, 0.15) is 0 Å². The number of nitrogen functional groups attached to an aromatic ring is 1. The van der Waals surface area contributed by atoms with Crippen LogP contribution in [0.3, 0.4) is 0 Å². The summed E-state index contributed by atoms with van der Waals surface area (Å²) in [5.74, 6) is 1.17. The first-order valence-corrected chi connectivity index (χ1v) is 8.22. The van der Waals surface area contributed by atoms with Crippen LogP contribution in [0, 0.1) is 0 Å². The molecule has 1 saturated heterocycles. The highest BCUT2D eigenvalue weighted by atomic mass is 35.5. The lowest BCUT2D eigenvalue weighted by atomic mass is 10.3. The van der Waals surface area contributed by atoms with Gasteiger partial charge in [0.2, 0.25) is 0 Å². The zero-order valence-corrected chi connectivity index (χ0v) is 14.6. The number of hydrogen-bond donors (Lipinski definition) is 1. The molecule has 1 aliphatic rings. The van der Waals surface area contributed by atoms with E-state index in [9.17, 15) is 0 Å².